The van der Waals surface area contributed by atoms with Crippen molar-refractivity contribution in [1.29, 1.82) is 0 Å². The second-order valence-electron chi connectivity index (χ2n) is 7.79. The van der Waals surface area contributed by atoms with E-state index in [-0.39, 0.29) is 17.7 Å². The predicted molar refractivity (Wildman–Crippen MR) is 104 cm³/mol. The Balaban J connectivity index is 1.66. The summed E-state index contributed by atoms with van der Waals surface area (Å²) in [6.45, 7) is 4.13. The van der Waals surface area contributed by atoms with Crippen molar-refractivity contribution in [1.82, 2.24) is 0 Å². The highest BCUT2D eigenvalue weighted by Crippen LogP contribution is 2.63. The van der Waals surface area contributed by atoms with Crippen LogP contribution in [0.3, 0.4) is 0 Å². The largest absolute Gasteiger partial charge is 0.481 e. The maximum absolute atomic E-state index is 13.2. The summed E-state index contributed by atoms with van der Waals surface area (Å²) in [5.41, 5.74) is 3.03. The standard InChI is InChI=1S/C21H24BrNO3/c1-3-10-7-12(22)8-11(4-2)19(10)23-20(24)17-13-5-6-14(16-9-15(13)16)18(17)21(25)26/h5-8,13-18H,3-4,9H2,1-2H3,(H,23,24)(H,25,26)/t13-,14+,15+,16+,17+,18-/m0/s1. The van der Waals surface area contributed by atoms with Crippen LogP contribution in [0.1, 0.15) is 31.4 Å². The summed E-state index contributed by atoms with van der Waals surface area (Å²) < 4.78 is 1.01. The Morgan fingerprint density at radius 3 is 2.12 bits per heavy atom. The average Bonchev–Trinajstić information content (AvgIpc) is 3.44. The van der Waals surface area contributed by atoms with Crippen LogP contribution in [0.4, 0.5) is 5.69 Å². The molecular weight excluding hydrogens is 394 g/mol. The molecule has 5 heteroatoms. The van der Waals surface area contributed by atoms with Crippen LogP contribution >= 0.6 is 15.9 Å². The van der Waals surface area contributed by atoms with Crippen molar-refractivity contribution in [3.8, 4) is 0 Å². The van der Waals surface area contributed by atoms with Crippen molar-refractivity contribution in [2.45, 2.75) is 33.1 Å². The zero-order valence-electron chi connectivity index (χ0n) is 15.0. The summed E-state index contributed by atoms with van der Waals surface area (Å²) in [5.74, 6) is -0.983. The third kappa shape index (κ3) is 2.72. The number of hydrogen-bond donors (Lipinski definition) is 2. The summed E-state index contributed by atoms with van der Waals surface area (Å²) in [6.07, 6.45) is 6.84. The van der Waals surface area contributed by atoms with Gasteiger partial charge in [0.05, 0.1) is 11.8 Å². The van der Waals surface area contributed by atoms with Crippen molar-refractivity contribution in [3.63, 3.8) is 0 Å². The minimum Gasteiger partial charge on any atom is -0.481 e. The Hall–Kier alpha value is -1.62. The maximum atomic E-state index is 13.2. The number of carbonyl (C=O) groups excluding carboxylic acids is 1. The molecule has 0 unspecified atom stereocenters. The van der Waals surface area contributed by atoms with Gasteiger partial charge in [-0.05, 0) is 66.2 Å². The molecule has 26 heavy (non-hydrogen) atoms. The number of rotatable bonds is 5. The Labute approximate surface area is 162 Å². The molecule has 138 valence electrons. The number of carbonyl (C=O) groups is 2. The SMILES string of the molecule is CCc1cc(Br)cc(CC)c1NC(=O)[C@@H]1[C@H]2C=C[C@H]([C@H]3C[C@H]23)[C@@H]1C(=O)O. The predicted octanol–water partition coefficient (Wildman–Crippen LogP) is 4.28. The number of halogens is 1. The van der Waals surface area contributed by atoms with Gasteiger partial charge in [0.25, 0.3) is 0 Å². The second-order valence-corrected chi connectivity index (χ2v) is 8.70. The molecule has 5 rings (SSSR count). The van der Waals surface area contributed by atoms with Gasteiger partial charge in [-0.15, -0.1) is 0 Å². The zero-order chi connectivity index (χ0) is 18.6. The van der Waals surface area contributed by atoms with Crippen molar-refractivity contribution < 1.29 is 14.7 Å². The van der Waals surface area contributed by atoms with Crippen molar-refractivity contribution in [2.24, 2.45) is 35.5 Å². The van der Waals surface area contributed by atoms with Gasteiger partial charge in [-0.1, -0.05) is 41.9 Å². The first-order valence-corrected chi connectivity index (χ1v) is 10.3. The van der Waals surface area contributed by atoms with Crippen LogP contribution in [-0.4, -0.2) is 17.0 Å². The highest BCUT2D eigenvalue weighted by molar-refractivity contribution is 9.10. The number of anilines is 1. The van der Waals surface area contributed by atoms with Crippen molar-refractivity contribution in [2.75, 3.05) is 5.32 Å². The fourth-order valence-electron chi connectivity index (χ4n) is 5.22. The molecule has 2 saturated carbocycles. The minimum absolute atomic E-state index is 0.0134. The minimum atomic E-state index is -0.836. The first kappa shape index (κ1) is 17.8. The highest BCUT2D eigenvalue weighted by Gasteiger charge is 2.63. The summed E-state index contributed by atoms with van der Waals surface area (Å²) in [4.78, 5) is 25.2. The lowest BCUT2D eigenvalue weighted by molar-refractivity contribution is -0.152. The number of fused-ring (bicyclic) bond motifs is 1. The average molecular weight is 418 g/mol. The Morgan fingerprint density at radius 2 is 1.62 bits per heavy atom. The van der Waals surface area contributed by atoms with Gasteiger partial charge in [0.2, 0.25) is 5.91 Å². The molecule has 0 aromatic heterocycles. The van der Waals surface area contributed by atoms with Crippen LogP contribution in [0.15, 0.2) is 28.8 Å². The summed E-state index contributed by atoms with van der Waals surface area (Å²) in [7, 11) is 0. The third-order valence-corrected chi connectivity index (χ3v) is 6.97. The number of nitrogens with one attached hydrogen (secondary N) is 1. The zero-order valence-corrected chi connectivity index (χ0v) is 16.6. The lowest BCUT2D eigenvalue weighted by Crippen LogP contribution is -2.48. The van der Waals surface area contributed by atoms with E-state index in [1.165, 1.54) is 0 Å². The fourth-order valence-corrected chi connectivity index (χ4v) is 5.77. The van der Waals surface area contributed by atoms with Gasteiger partial charge in [-0.2, -0.15) is 0 Å². The maximum Gasteiger partial charge on any atom is 0.307 e. The Bertz CT molecular complexity index is 777. The highest BCUT2D eigenvalue weighted by atomic mass is 79.9. The summed E-state index contributed by atoms with van der Waals surface area (Å²) >= 11 is 3.54. The lowest BCUT2D eigenvalue weighted by atomic mass is 9.62. The molecule has 0 aliphatic heterocycles. The number of benzene rings is 1. The van der Waals surface area contributed by atoms with Crippen LogP contribution in [0.25, 0.3) is 0 Å². The van der Waals surface area contributed by atoms with Gasteiger partial charge in [0.15, 0.2) is 0 Å². The molecule has 1 amide bonds. The molecular formula is C21H24BrNO3. The normalized spacial score (nSPS) is 33.7. The number of aliphatic carboxylic acids is 1. The molecule has 1 aromatic carbocycles. The molecule has 2 bridgehead atoms. The molecule has 1 aromatic rings. The monoisotopic (exact) mass is 417 g/mol. The molecule has 4 aliphatic rings. The first-order chi connectivity index (χ1) is 12.5. The van der Waals surface area contributed by atoms with Gasteiger partial charge in [-0.25, -0.2) is 0 Å². The molecule has 4 nitrogen and oxygen atoms in total. The van der Waals surface area contributed by atoms with Gasteiger partial charge in [0.1, 0.15) is 0 Å². The number of carboxylic acids is 1. The molecule has 0 spiro atoms. The number of hydrogen-bond acceptors (Lipinski definition) is 2. The van der Waals surface area contributed by atoms with Gasteiger partial charge >= 0.3 is 5.97 Å². The lowest BCUT2D eigenvalue weighted by Gasteiger charge is -2.41. The number of aryl methyl sites for hydroxylation is 2. The molecule has 2 fully saturated rings. The Kier molecular flexibility index (Phi) is 4.46. The van der Waals surface area contributed by atoms with E-state index in [4.69, 9.17) is 0 Å². The van der Waals surface area contributed by atoms with E-state index in [2.05, 4.69) is 47.2 Å². The van der Waals surface area contributed by atoms with E-state index in [9.17, 15) is 14.7 Å². The van der Waals surface area contributed by atoms with E-state index in [1.54, 1.807) is 0 Å². The summed E-state index contributed by atoms with van der Waals surface area (Å²) in [5, 5.41) is 12.9. The van der Waals surface area contributed by atoms with E-state index in [0.29, 0.717) is 11.8 Å². The van der Waals surface area contributed by atoms with Crippen molar-refractivity contribution in [3.05, 3.63) is 39.9 Å². The molecule has 0 heterocycles. The van der Waals surface area contributed by atoms with Crippen LogP contribution in [0.5, 0.6) is 0 Å². The number of carboxylic acid groups (broad SMARTS) is 1. The van der Waals surface area contributed by atoms with E-state index in [0.717, 1.165) is 40.5 Å². The second kappa shape index (κ2) is 6.52. The van der Waals surface area contributed by atoms with Crippen LogP contribution in [-0.2, 0) is 22.4 Å². The molecule has 0 saturated heterocycles. The fraction of sp³-hybridized carbons (Fsp3) is 0.524. The number of amides is 1. The molecule has 6 atom stereocenters. The van der Waals surface area contributed by atoms with Gasteiger partial charge in [0, 0.05) is 10.2 Å². The number of allylic oxidation sites excluding steroid dienone is 2. The van der Waals surface area contributed by atoms with E-state index in [1.807, 2.05) is 12.1 Å². The van der Waals surface area contributed by atoms with Gasteiger partial charge in [-0.3, -0.25) is 9.59 Å². The van der Waals surface area contributed by atoms with Crippen LogP contribution in [0, 0.1) is 35.5 Å². The molecule has 4 aliphatic carbocycles. The topological polar surface area (TPSA) is 66.4 Å². The smallest absolute Gasteiger partial charge is 0.307 e. The van der Waals surface area contributed by atoms with Crippen molar-refractivity contribution >= 4 is 33.5 Å². The van der Waals surface area contributed by atoms with Crippen LogP contribution < -0.4 is 5.32 Å². The van der Waals surface area contributed by atoms with E-state index >= 15 is 0 Å². The Morgan fingerprint density at radius 1 is 1.08 bits per heavy atom. The molecule has 0 radical (unpaired) electrons. The van der Waals surface area contributed by atoms with Crippen LogP contribution in [0.2, 0.25) is 0 Å². The summed E-state index contributed by atoms with van der Waals surface area (Å²) in [6, 6.07) is 4.07. The molecule has 2 N–H and O–H groups in total. The quantitative estimate of drug-likeness (QED) is 0.702. The van der Waals surface area contributed by atoms with E-state index < -0.39 is 17.8 Å². The third-order valence-electron chi connectivity index (χ3n) is 6.52. The first-order valence-electron chi connectivity index (χ1n) is 9.49. The van der Waals surface area contributed by atoms with Gasteiger partial charge < -0.3 is 10.4 Å².